The Morgan fingerprint density at radius 2 is 2.13 bits per heavy atom. The highest BCUT2D eigenvalue weighted by molar-refractivity contribution is 14.1. The number of carbonyl (C=O) groups excluding carboxylic acids is 1. The highest BCUT2D eigenvalue weighted by Crippen LogP contribution is 2.28. The number of hydrogen-bond donors (Lipinski definition) is 0. The summed E-state index contributed by atoms with van der Waals surface area (Å²) in [5.74, 6) is 0.691. The molecule has 1 fully saturated rings. The zero-order chi connectivity index (χ0) is 10.7. The van der Waals surface area contributed by atoms with E-state index in [1.807, 2.05) is 34.4 Å². The van der Waals surface area contributed by atoms with Gasteiger partial charge in [-0.2, -0.15) is 0 Å². The largest absolute Gasteiger partial charge is 0.430 e. The van der Waals surface area contributed by atoms with Gasteiger partial charge >= 0.3 is 5.97 Å². The van der Waals surface area contributed by atoms with E-state index in [2.05, 4.69) is 22.6 Å². The van der Waals surface area contributed by atoms with Crippen molar-refractivity contribution in [1.82, 2.24) is 0 Å². The van der Waals surface area contributed by atoms with Crippen LogP contribution in [0.4, 0.5) is 0 Å². The molecule has 2 rings (SSSR count). The fraction of sp³-hybridized carbons (Fsp3) is 0.250. The molecule has 3 heteroatoms. The van der Waals surface area contributed by atoms with Crippen LogP contribution < -0.4 is 0 Å². The Balaban J connectivity index is 2.05. The summed E-state index contributed by atoms with van der Waals surface area (Å²) in [6, 6.07) is 10.0. The first-order chi connectivity index (χ1) is 7.29. The minimum absolute atomic E-state index is 0.00610. The molecule has 0 aliphatic carbocycles. The van der Waals surface area contributed by atoms with Crippen LogP contribution in [0.25, 0.3) is 0 Å². The lowest BCUT2D eigenvalue weighted by molar-refractivity contribution is -0.138. The number of allylic oxidation sites excluding steroid dienone is 1. The molecule has 0 unspecified atom stereocenters. The SMILES string of the molecule is O=C1O/C(=C/I)C[C@@H]1Cc1ccccc1. The molecule has 1 saturated heterocycles. The summed E-state index contributed by atoms with van der Waals surface area (Å²) in [6.07, 6.45) is 1.50. The van der Waals surface area contributed by atoms with Gasteiger partial charge in [-0.3, -0.25) is 4.79 Å². The molecule has 0 amide bonds. The van der Waals surface area contributed by atoms with Crippen LogP contribution in [0.3, 0.4) is 0 Å². The van der Waals surface area contributed by atoms with E-state index in [9.17, 15) is 4.79 Å². The van der Waals surface area contributed by atoms with Crippen molar-refractivity contribution in [2.45, 2.75) is 12.8 Å². The van der Waals surface area contributed by atoms with Crippen LogP contribution in [0, 0.1) is 5.92 Å². The first kappa shape index (κ1) is 10.7. The molecular weight excluding hydrogens is 303 g/mol. The Kier molecular flexibility index (Phi) is 3.41. The highest BCUT2D eigenvalue weighted by Gasteiger charge is 2.30. The Hall–Kier alpha value is -0.840. The van der Waals surface area contributed by atoms with E-state index in [0.29, 0.717) is 0 Å². The number of hydrogen-bond acceptors (Lipinski definition) is 2. The Morgan fingerprint density at radius 3 is 2.73 bits per heavy atom. The Bertz CT molecular complexity index is 384. The van der Waals surface area contributed by atoms with Crippen LogP contribution in [0.1, 0.15) is 12.0 Å². The second kappa shape index (κ2) is 4.79. The number of ether oxygens (including phenoxy) is 1. The zero-order valence-corrected chi connectivity index (χ0v) is 10.3. The van der Waals surface area contributed by atoms with Gasteiger partial charge in [0, 0.05) is 10.5 Å². The molecule has 2 nitrogen and oxygen atoms in total. The minimum atomic E-state index is -0.0956. The zero-order valence-electron chi connectivity index (χ0n) is 8.15. The summed E-state index contributed by atoms with van der Waals surface area (Å²) in [5, 5.41) is 0. The lowest BCUT2D eigenvalue weighted by Gasteiger charge is -2.03. The van der Waals surface area contributed by atoms with Gasteiger partial charge in [0.15, 0.2) is 0 Å². The van der Waals surface area contributed by atoms with Crippen molar-refractivity contribution < 1.29 is 9.53 Å². The summed E-state index contributed by atoms with van der Waals surface area (Å²) in [7, 11) is 0. The molecule has 0 spiro atoms. The van der Waals surface area contributed by atoms with Gasteiger partial charge in [-0.25, -0.2) is 0 Å². The number of carbonyl (C=O) groups is 1. The number of benzene rings is 1. The summed E-state index contributed by atoms with van der Waals surface area (Å²) in [4.78, 5) is 11.5. The Morgan fingerprint density at radius 1 is 1.40 bits per heavy atom. The van der Waals surface area contributed by atoms with E-state index in [1.165, 1.54) is 5.56 Å². The third kappa shape index (κ3) is 2.59. The van der Waals surface area contributed by atoms with Crippen molar-refractivity contribution in [2.24, 2.45) is 5.92 Å². The molecule has 1 atom stereocenters. The summed E-state index contributed by atoms with van der Waals surface area (Å²) in [5.41, 5.74) is 1.19. The van der Waals surface area contributed by atoms with Crippen LogP contribution in [0.5, 0.6) is 0 Å². The fourth-order valence-corrected chi connectivity index (χ4v) is 2.08. The summed E-state index contributed by atoms with van der Waals surface area (Å²) in [6.45, 7) is 0. The predicted molar refractivity (Wildman–Crippen MR) is 66.4 cm³/mol. The maximum atomic E-state index is 11.5. The molecule has 1 aromatic rings. The van der Waals surface area contributed by atoms with Crippen LogP contribution in [-0.4, -0.2) is 5.97 Å². The molecule has 0 N–H and O–H groups in total. The Labute approximate surface area is 102 Å². The molecule has 1 aromatic carbocycles. The monoisotopic (exact) mass is 314 g/mol. The number of halogens is 1. The number of cyclic esters (lactones) is 1. The first-order valence-corrected chi connectivity index (χ1v) is 6.09. The molecule has 1 heterocycles. The summed E-state index contributed by atoms with van der Waals surface area (Å²) >= 11 is 2.10. The fourth-order valence-electron chi connectivity index (χ4n) is 1.70. The van der Waals surface area contributed by atoms with Gasteiger partial charge in [-0.15, -0.1) is 0 Å². The third-order valence-electron chi connectivity index (χ3n) is 2.46. The van der Waals surface area contributed by atoms with E-state index in [1.54, 1.807) is 0 Å². The van der Waals surface area contributed by atoms with Gasteiger partial charge in [0.05, 0.1) is 5.92 Å². The van der Waals surface area contributed by atoms with Crippen LogP contribution >= 0.6 is 22.6 Å². The molecule has 1 aliphatic rings. The first-order valence-electron chi connectivity index (χ1n) is 4.84. The lowest BCUT2D eigenvalue weighted by Crippen LogP contribution is -2.10. The maximum Gasteiger partial charge on any atom is 0.314 e. The molecule has 0 bridgehead atoms. The second-order valence-electron chi connectivity index (χ2n) is 3.59. The van der Waals surface area contributed by atoms with Crippen molar-refractivity contribution in [3.8, 4) is 0 Å². The molecule has 1 aliphatic heterocycles. The van der Waals surface area contributed by atoms with Crippen molar-refractivity contribution in [3.05, 3.63) is 45.7 Å². The van der Waals surface area contributed by atoms with E-state index < -0.39 is 0 Å². The molecule has 0 aromatic heterocycles. The van der Waals surface area contributed by atoms with Crippen molar-refractivity contribution >= 4 is 28.6 Å². The average Bonchev–Trinajstić information content (AvgIpc) is 2.61. The normalized spacial score (nSPS) is 23.1. The van der Waals surface area contributed by atoms with E-state index in [-0.39, 0.29) is 11.9 Å². The van der Waals surface area contributed by atoms with Crippen LogP contribution in [0.2, 0.25) is 0 Å². The van der Waals surface area contributed by atoms with E-state index in [0.717, 1.165) is 18.6 Å². The predicted octanol–water partition coefficient (Wildman–Crippen LogP) is 3.07. The van der Waals surface area contributed by atoms with Crippen molar-refractivity contribution in [1.29, 1.82) is 0 Å². The van der Waals surface area contributed by atoms with Gasteiger partial charge < -0.3 is 4.74 Å². The van der Waals surface area contributed by atoms with Gasteiger partial charge in [0.2, 0.25) is 0 Å². The molecule has 0 radical (unpaired) electrons. The van der Waals surface area contributed by atoms with Gasteiger partial charge in [-0.1, -0.05) is 30.3 Å². The number of rotatable bonds is 2. The minimum Gasteiger partial charge on any atom is -0.430 e. The second-order valence-corrected chi connectivity index (χ2v) is 4.21. The molecule has 15 heavy (non-hydrogen) atoms. The third-order valence-corrected chi connectivity index (χ3v) is 3.15. The number of esters is 1. The molecule has 0 saturated carbocycles. The maximum absolute atomic E-state index is 11.5. The van der Waals surface area contributed by atoms with Crippen molar-refractivity contribution in [2.75, 3.05) is 0 Å². The lowest BCUT2D eigenvalue weighted by atomic mass is 9.98. The van der Waals surface area contributed by atoms with Gasteiger partial charge in [-0.05, 0) is 34.6 Å². The van der Waals surface area contributed by atoms with E-state index >= 15 is 0 Å². The smallest absolute Gasteiger partial charge is 0.314 e. The highest BCUT2D eigenvalue weighted by atomic mass is 127. The van der Waals surface area contributed by atoms with Gasteiger partial charge in [0.1, 0.15) is 5.76 Å². The summed E-state index contributed by atoms with van der Waals surface area (Å²) < 4.78 is 6.94. The quantitative estimate of drug-likeness (QED) is 0.619. The van der Waals surface area contributed by atoms with Crippen LogP contribution in [-0.2, 0) is 16.0 Å². The van der Waals surface area contributed by atoms with E-state index in [4.69, 9.17) is 4.74 Å². The molecule has 78 valence electrons. The standard InChI is InChI=1S/C12H11IO2/c13-8-11-7-10(12(14)15-11)6-9-4-2-1-3-5-9/h1-5,8,10H,6-7H2/b11-8+/t10-/m0/s1. The van der Waals surface area contributed by atoms with Crippen molar-refractivity contribution in [3.63, 3.8) is 0 Å². The van der Waals surface area contributed by atoms with Crippen LogP contribution in [0.15, 0.2) is 40.2 Å². The average molecular weight is 314 g/mol. The topological polar surface area (TPSA) is 26.3 Å². The van der Waals surface area contributed by atoms with Gasteiger partial charge in [0.25, 0.3) is 0 Å². The molecular formula is C12H11IO2.